The second-order valence-corrected chi connectivity index (χ2v) is 3.83. The maximum atomic E-state index is 9.76. The standard InChI is InChI=1S/C8H16N4O/c1-8(13)3-2-5-12(7-8)6-4-10-11-9/h13H,2-7H2,1H3. The molecule has 1 aliphatic heterocycles. The van der Waals surface area contributed by atoms with E-state index in [1.54, 1.807) is 0 Å². The molecule has 0 amide bonds. The van der Waals surface area contributed by atoms with Crippen LogP contribution in [0.3, 0.4) is 0 Å². The zero-order valence-electron chi connectivity index (χ0n) is 7.98. The molecule has 0 radical (unpaired) electrons. The van der Waals surface area contributed by atoms with Crippen molar-refractivity contribution in [3.63, 3.8) is 0 Å². The molecular formula is C8H16N4O. The van der Waals surface area contributed by atoms with Crippen molar-refractivity contribution in [1.82, 2.24) is 4.90 Å². The number of aliphatic hydroxyl groups is 1. The van der Waals surface area contributed by atoms with Gasteiger partial charge in [-0.2, -0.15) is 0 Å². The lowest BCUT2D eigenvalue weighted by Gasteiger charge is -2.36. The Morgan fingerprint density at radius 2 is 2.46 bits per heavy atom. The highest BCUT2D eigenvalue weighted by Crippen LogP contribution is 2.19. The number of β-amino-alcohol motifs (C(OH)–C–C–N with tert-alkyl or cyclic N) is 1. The quantitative estimate of drug-likeness (QED) is 0.406. The Balaban J connectivity index is 2.30. The SMILES string of the molecule is CC1(O)CCCN(CCN=[N+]=[N-])C1. The number of nitrogens with zero attached hydrogens (tertiary/aromatic N) is 4. The van der Waals surface area contributed by atoms with Crippen LogP contribution in [-0.2, 0) is 0 Å². The summed E-state index contributed by atoms with van der Waals surface area (Å²) in [5.74, 6) is 0. The molecular weight excluding hydrogens is 168 g/mol. The van der Waals surface area contributed by atoms with Crippen molar-refractivity contribution in [2.45, 2.75) is 25.4 Å². The molecule has 74 valence electrons. The highest BCUT2D eigenvalue weighted by atomic mass is 16.3. The van der Waals surface area contributed by atoms with E-state index in [4.69, 9.17) is 5.53 Å². The Hall–Kier alpha value is -0.770. The predicted molar refractivity (Wildman–Crippen MR) is 50.3 cm³/mol. The molecule has 1 N–H and O–H groups in total. The normalized spacial score (nSPS) is 29.7. The third kappa shape index (κ3) is 3.63. The molecule has 1 aliphatic rings. The van der Waals surface area contributed by atoms with Crippen LogP contribution in [0.15, 0.2) is 5.11 Å². The molecule has 0 aromatic carbocycles. The van der Waals surface area contributed by atoms with E-state index in [-0.39, 0.29) is 0 Å². The summed E-state index contributed by atoms with van der Waals surface area (Å²) in [7, 11) is 0. The first-order valence-electron chi connectivity index (χ1n) is 4.60. The van der Waals surface area contributed by atoms with Gasteiger partial charge < -0.3 is 10.0 Å². The van der Waals surface area contributed by atoms with E-state index in [0.29, 0.717) is 13.1 Å². The molecule has 1 saturated heterocycles. The van der Waals surface area contributed by atoms with E-state index in [1.165, 1.54) is 0 Å². The molecule has 13 heavy (non-hydrogen) atoms. The maximum Gasteiger partial charge on any atom is 0.0746 e. The Morgan fingerprint density at radius 1 is 1.69 bits per heavy atom. The molecule has 1 fully saturated rings. The van der Waals surface area contributed by atoms with Crippen LogP contribution in [0.1, 0.15) is 19.8 Å². The summed E-state index contributed by atoms with van der Waals surface area (Å²) in [6.07, 6.45) is 1.88. The number of likely N-dealkylation sites (tertiary alicyclic amines) is 1. The first kappa shape index (κ1) is 10.3. The van der Waals surface area contributed by atoms with E-state index in [9.17, 15) is 5.11 Å². The number of rotatable bonds is 3. The van der Waals surface area contributed by atoms with Crippen molar-refractivity contribution < 1.29 is 5.11 Å². The van der Waals surface area contributed by atoms with Crippen LogP contribution in [0.5, 0.6) is 0 Å². The van der Waals surface area contributed by atoms with Crippen molar-refractivity contribution in [3.05, 3.63) is 10.4 Å². The average molecular weight is 184 g/mol. The van der Waals surface area contributed by atoms with Crippen molar-refractivity contribution in [2.75, 3.05) is 26.2 Å². The van der Waals surface area contributed by atoms with Gasteiger partial charge in [0.2, 0.25) is 0 Å². The molecule has 0 bridgehead atoms. The van der Waals surface area contributed by atoms with Gasteiger partial charge in [-0.1, -0.05) is 5.11 Å². The van der Waals surface area contributed by atoms with Crippen LogP contribution in [0.25, 0.3) is 10.4 Å². The second-order valence-electron chi connectivity index (χ2n) is 3.83. The molecule has 5 nitrogen and oxygen atoms in total. The van der Waals surface area contributed by atoms with E-state index in [0.717, 1.165) is 25.9 Å². The molecule has 0 saturated carbocycles. The molecule has 5 heteroatoms. The van der Waals surface area contributed by atoms with Crippen LogP contribution < -0.4 is 0 Å². The van der Waals surface area contributed by atoms with Gasteiger partial charge in [-0.15, -0.1) is 0 Å². The van der Waals surface area contributed by atoms with Crippen molar-refractivity contribution in [3.8, 4) is 0 Å². The minimum atomic E-state index is -0.561. The molecule has 0 spiro atoms. The largest absolute Gasteiger partial charge is 0.389 e. The zero-order chi connectivity index (χ0) is 9.73. The van der Waals surface area contributed by atoms with Crippen molar-refractivity contribution >= 4 is 0 Å². The number of hydrogen-bond acceptors (Lipinski definition) is 3. The molecule has 0 aromatic rings. The van der Waals surface area contributed by atoms with Gasteiger partial charge in [0.25, 0.3) is 0 Å². The van der Waals surface area contributed by atoms with Crippen molar-refractivity contribution in [2.24, 2.45) is 5.11 Å². The number of azide groups is 1. The van der Waals surface area contributed by atoms with Crippen molar-refractivity contribution in [1.29, 1.82) is 0 Å². The van der Waals surface area contributed by atoms with Crippen LogP contribution in [-0.4, -0.2) is 41.8 Å². The van der Waals surface area contributed by atoms with Crippen LogP contribution >= 0.6 is 0 Å². The van der Waals surface area contributed by atoms with Gasteiger partial charge in [-0.05, 0) is 31.8 Å². The highest BCUT2D eigenvalue weighted by molar-refractivity contribution is 4.82. The Morgan fingerprint density at radius 3 is 3.08 bits per heavy atom. The van der Waals surface area contributed by atoms with Gasteiger partial charge in [-0.3, -0.25) is 0 Å². The molecule has 1 heterocycles. The van der Waals surface area contributed by atoms with Crippen LogP contribution in [0.4, 0.5) is 0 Å². The Bertz CT molecular complexity index is 210. The summed E-state index contributed by atoms with van der Waals surface area (Å²) in [5, 5.41) is 13.2. The third-order valence-corrected chi connectivity index (χ3v) is 2.33. The van der Waals surface area contributed by atoms with E-state index < -0.39 is 5.60 Å². The highest BCUT2D eigenvalue weighted by Gasteiger charge is 2.27. The monoisotopic (exact) mass is 184 g/mol. The van der Waals surface area contributed by atoms with E-state index >= 15 is 0 Å². The molecule has 0 aromatic heterocycles. The minimum Gasteiger partial charge on any atom is -0.389 e. The summed E-state index contributed by atoms with van der Waals surface area (Å²) in [5.41, 5.74) is 7.53. The lowest BCUT2D eigenvalue weighted by molar-refractivity contribution is -0.0143. The Kier molecular flexibility index (Phi) is 3.54. The smallest absolute Gasteiger partial charge is 0.0746 e. The molecule has 1 unspecified atom stereocenters. The maximum absolute atomic E-state index is 9.76. The van der Waals surface area contributed by atoms with Gasteiger partial charge in [0.05, 0.1) is 5.60 Å². The molecule has 0 aliphatic carbocycles. The van der Waals surface area contributed by atoms with Gasteiger partial charge in [0.15, 0.2) is 0 Å². The topological polar surface area (TPSA) is 72.2 Å². The Labute approximate surface area is 78.0 Å². The van der Waals surface area contributed by atoms with Gasteiger partial charge in [-0.25, -0.2) is 0 Å². The fourth-order valence-electron chi connectivity index (χ4n) is 1.75. The number of hydrogen-bond donors (Lipinski definition) is 1. The average Bonchev–Trinajstić information content (AvgIpc) is 2.03. The van der Waals surface area contributed by atoms with Gasteiger partial charge in [0.1, 0.15) is 0 Å². The summed E-state index contributed by atoms with van der Waals surface area (Å²) in [6.45, 7) is 4.78. The summed E-state index contributed by atoms with van der Waals surface area (Å²) in [4.78, 5) is 4.83. The lowest BCUT2D eigenvalue weighted by atomic mass is 9.95. The summed E-state index contributed by atoms with van der Waals surface area (Å²) in [6, 6.07) is 0. The van der Waals surface area contributed by atoms with E-state index in [1.807, 2.05) is 6.92 Å². The first-order valence-corrected chi connectivity index (χ1v) is 4.60. The first-order chi connectivity index (χ1) is 6.14. The number of piperidine rings is 1. The molecule has 1 atom stereocenters. The van der Waals surface area contributed by atoms with Crippen LogP contribution in [0.2, 0.25) is 0 Å². The third-order valence-electron chi connectivity index (χ3n) is 2.33. The van der Waals surface area contributed by atoms with E-state index in [2.05, 4.69) is 14.9 Å². The summed E-state index contributed by atoms with van der Waals surface area (Å²) >= 11 is 0. The lowest BCUT2D eigenvalue weighted by Crippen LogP contribution is -2.46. The van der Waals surface area contributed by atoms with Gasteiger partial charge in [0, 0.05) is 24.5 Å². The predicted octanol–water partition coefficient (Wildman–Crippen LogP) is 1.14. The van der Waals surface area contributed by atoms with Gasteiger partial charge >= 0.3 is 0 Å². The molecule has 1 rings (SSSR count). The summed E-state index contributed by atoms with van der Waals surface area (Å²) < 4.78 is 0. The minimum absolute atomic E-state index is 0.493. The zero-order valence-corrected chi connectivity index (χ0v) is 7.98. The van der Waals surface area contributed by atoms with Crippen LogP contribution in [0, 0.1) is 0 Å². The fraction of sp³-hybridized carbons (Fsp3) is 1.00. The fourth-order valence-corrected chi connectivity index (χ4v) is 1.75. The second kappa shape index (κ2) is 4.46.